The van der Waals surface area contributed by atoms with Crippen LogP contribution in [0.25, 0.3) is 0 Å². The summed E-state index contributed by atoms with van der Waals surface area (Å²) in [5.74, 6) is -1.27. The fourth-order valence-corrected chi connectivity index (χ4v) is 2.66. The number of aliphatic carboxylic acids is 1. The molecule has 0 aromatic carbocycles. The van der Waals surface area contributed by atoms with Crippen LogP contribution in [0.4, 0.5) is 4.79 Å². The molecule has 1 aliphatic carbocycles. The first-order chi connectivity index (χ1) is 8.66. The van der Waals surface area contributed by atoms with Gasteiger partial charge in [0.1, 0.15) is 0 Å². The Morgan fingerprint density at radius 3 is 2.72 bits per heavy atom. The molecule has 6 nitrogen and oxygen atoms in total. The van der Waals surface area contributed by atoms with Gasteiger partial charge in [0.25, 0.3) is 0 Å². The van der Waals surface area contributed by atoms with Gasteiger partial charge in [0.2, 0.25) is 0 Å². The quantitative estimate of drug-likeness (QED) is 0.691. The first-order valence-corrected chi connectivity index (χ1v) is 6.55. The number of carbonyl (C=O) groups is 2. The zero-order valence-corrected chi connectivity index (χ0v) is 10.4. The minimum absolute atomic E-state index is 0.106. The second-order valence-electron chi connectivity index (χ2n) is 4.97. The zero-order chi connectivity index (χ0) is 13.0. The molecule has 0 aromatic rings. The first-order valence-electron chi connectivity index (χ1n) is 6.55. The molecule has 0 bridgehead atoms. The smallest absolute Gasteiger partial charge is 0.315 e. The Kier molecular flexibility index (Phi) is 4.41. The number of rotatable bonds is 4. The summed E-state index contributed by atoms with van der Waals surface area (Å²) in [6, 6.07) is -0.532. The molecule has 0 aromatic heterocycles. The van der Waals surface area contributed by atoms with E-state index in [1.807, 2.05) is 0 Å². The van der Waals surface area contributed by atoms with Crippen LogP contribution in [0.2, 0.25) is 0 Å². The third-order valence-corrected chi connectivity index (χ3v) is 3.66. The average Bonchev–Trinajstić information content (AvgIpc) is 2.96. The SMILES string of the molecule is O=C(NCC1CCCO1)NC1CCCC1C(=O)O. The van der Waals surface area contributed by atoms with Crippen LogP contribution < -0.4 is 10.6 Å². The van der Waals surface area contributed by atoms with Crippen molar-refractivity contribution < 1.29 is 19.4 Å². The normalized spacial score (nSPS) is 31.2. The maximum absolute atomic E-state index is 11.7. The predicted molar refractivity (Wildman–Crippen MR) is 64.3 cm³/mol. The van der Waals surface area contributed by atoms with Crippen molar-refractivity contribution in [3.05, 3.63) is 0 Å². The van der Waals surface area contributed by atoms with Crippen molar-refractivity contribution in [3.63, 3.8) is 0 Å². The number of carbonyl (C=O) groups excluding carboxylic acids is 1. The molecule has 6 heteroatoms. The third kappa shape index (κ3) is 3.35. The van der Waals surface area contributed by atoms with Crippen LogP contribution in [0.5, 0.6) is 0 Å². The second-order valence-corrected chi connectivity index (χ2v) is 4.97. The van der Waals surface area contributed by atoms with Crippen LogP contribution in [0.15, 0.2) is 0 Å². The number of amides is 2. The van der Waals surface area contributed by atoms with Gasteiger partial charge in [0.15, 0.2) is 0 Å². The van der Waals surface area contributed by atoms with E-state index >= 15 is 0 Å². The van der Waals surface area contributed by atoms with E-state index in [0.29, 0.717) is 13.0 Å². The van der Waals surface area contributed by atoms with E-state index in [1.54, 1.807) is 0 Å². The van der Waals surface area contributed by atoms with Crippen molar-refractivity contribution >= 4 is 12.0 Å². The molecule has 1 saturated carbocycles. The monoisotopic (exact) mass is 256 g/mol. The standard InChI is InChI=1S/C12H20N2O4/c15-11(16)9-4-1-5-10(9)14-12(17)13-7-8-3-2-6-18-8/h8-10H,1-7H2,(H,15,16)(H2,13,14,17). The largest absolute Gasteiger partial charge is 0.481 e. The molecular formula is C12H20N2O4. The molecule has 1 heterocycles. The highest BCUT2D eigenvalue weighted by atomic mass is 16.5. The van der Waals surface area contributed by atoms with E-state index in [4.69, 9.17) is 9.84 Å². The molecule has 102 valence electrons. The van der Waals surface area contributed by atoms with E-state index in [2.05, 4.69) is 10.6 Å². The molecule has 0 spiro atoms. The van der Waals surface area contributed by atoms with Gasteiger partial charge in [-0.25, -0.2) is 4.79 Å². The Bertz CT molecular complexity index is 315. The molecule has 0 radical (unpaired) electrons. The lowest BCUT2D eigenvalue weighted by atomic mass is 10.0. The van der Waals surface area contributed by atoms with Crippen LogP contribution in [-0.2, 0) is 9.53 Å². The number of hydrogen-bond acceptors (Lipinski definition) is 3. The molecule has 2 aliphatic rings. The van der Waals surface area contributed by atoms with Gasteiger partial charge in [-0.2, -0.15) is 0 Å². The van der Waals surface area contributed by atoms with Gasteiger partial charge in [-0.15, -0.1) is 0 Å². The van der Waals surface area contributed by atoms with Gasteiger partial charge in [0, 0.05) is 19.2 Å². The third-order valence-electron chi connectivity index (χ3n) is 3.66. The fraction of sp³-hybridized carbons (Fsp3) is 0.833. The van der Waals surface area contributed by atoms with Crippen LogP contribution in [0, 0.1) is 5.92 Å². The predicted octanol–water partition coefficient (Wildman–Crippen LogP) is 0.718. The van der Waals surface area contributed by atoms with Crippen LogP contribution >= 0.6 is 0 Å². The molecule has 2 amide bonds. The molecule has 3 N–H and O–H groups in total. The van der Waals surface area contributed by atoms with Gasteiger partial charge >= 0.3 is 12.0 Å². The summed E-state index contributed by atoms with van der Waals surface area (Å²) in [6.45, 7) is 1.26. The van der Waals surface area contributed by atoms with Crippen molar-refractivity contribution in [2.45, 2.75) is 44.2 Å². The van der Waals surface area contributed by atoms with Gasteiger partial charge in [-0.3, -0.25) is 4.79 Å². The molecule has 3 atom stereocenters. The van der Waals surface area contributed by atoms with Crippen molar-refractivity contribution in [3.8, 4) is 0 Å². The molecule has 2 fully saturated rings. The summed E-state index contributed by atoms with van der Waals surface area (Å²) < 4.78 is 5.40. The van der Waals surface area contributed by atoms with Crippen LogP contribution in [0.3, 0.4) is 0 Å². The fourth-order valence-electron chi connectivity index (χ4n) is 2.66. The molecule has 1 aliphatic heterocycles. The molecule has 1 saturated heterocycles. The summed E-state index contributed by atoms with van der Waals surface area (Å²) in [5, 5.41) is 14.5. The second kappa shape index (κ2) is 6.04. The average molecular weight is 256 g/mol. The highest BCUT2D eigenvalue weighted by molar-refractivity contribution is 5.77. The highest BCUT2D eigenvalue weighted by Gasteiger charge is 2.33. The molecule has 3 unspecified atom stereocenters. The molecular weight excluding hydrogens is 236 g/mol. The van der Waals surface area contributed by atoms with E-state index in [9.17, 15) is 9.59 Å². The van der Waals surface area contributed by atoms with Gasteiger partial charge in [-0.05, 0) is 25.7 Å². The van der Waals surface area contributed by atoms with Crippen LogP contribution in [-0.4, -0.2) is 42.4 Å². The van der Waals surface area contributed by atoms with Crippen molar-refractivity contribution in [1.82, 2.24) is 10.6 Å². The number of hydrogen-bond donors (Lipinski definition) is 3. The summed E-state index contributed by atoms with van der Waals surface area (Å²) in [6.07, 6.45) is 4.36. The highest BCUT2D eigenvalue weighted by Crippen LogP contribution is 2.25. The number of ether oxygens (including phenoxy) is 1. The van der Waals surface area contributed by atoms with Crippen molar-refractivity contribution in [2.75, 3.05) is 13.2 Å². The minimum atomic E-state index is -0.822. The van der Waals surface area contributed by atoms with E-state index in [-0.39, 0.29) is 18.2 Å². The maximum atomic E-state index is 11.7. The lowest BCUT2D eigenvalue weighted by Gasteiger charge is -2.18. The summed E-state index contributed by atoms with van der Waals surface area (Å²) in [5.41, 5.74) is 0. The first kappa shape index (κ1) is 13.1. The number of carboxylic acids is 1. The Balaban J connectivity index is 1.71. The summed E-state index contributed by atoms with van der Waals surface area (Å²) in [7, 11) is 0. The number of urea groups is 1. The Morgan fingerprint density at radius 1 is 1.22 bits per heavy atom. The zero-order valence-electron chi connectivity index (χ0n) is 10.4. The maximum Gasteiger partial charge on any atom is 0.315 e. The Labute approximate surface area is 106 Å². The van der Waals surface area contributed by atoms with Crippen LogP contribution in [0.1, 0.15) is 32.1 Å². The van der Waals surface area contributed by atoms with Crippen molar-refractivity contribution in [1.29, 1.82) is 0 Å². The summed E-state index contributed by atoms with van der Waals surface area (Å²) in [4.78, 5) is 22.6. The Hall–Kier alpha value is -1.30. The van der Waals surface area contributed by atoms with Gasteiger partial charge in [-0.1, -0.05) is 6.42 Å². The lowest BCUT2D eigenvalue weighted by Crippen LogP contribution is -2.47. The lowest BCUT2D eigenvalue weighted by molar-refractivity contribution is -0.142. The topological polar surface area (TPSA) is 87.7 Å². The minimum Gasteiger partial charge on any atom is -0.481 e. The van der Waals surface area contributed by atoms with E-state index < -0.39 is 11.9 Å². The van der Waals surface area contributed by atoms with Gasteiger partial charge in [0.05, 0.1) is 12.0 Å². The molecule has 2 rings (SSSR count). The Morgan fingerprint density at radius 2 is 2.06 bits per heavy atom. The van der Waals surface area contributed by atoms with E-state index in [0.717, 1.165) is 32.3 Å². The van der Waals surface area contributed by atoms with E-state index in [1.165, 1.54) is 0 Å². The van der Waals surface area contributed by atoms with Gasteiger partial charge < -0.3 is 20.5 Å². The summed E-state index contributed by atoms with van der Waals surface area (Å²) >= 11 is 0. The van der Waals surface area contributed by atoms with Crippen molar-refractivity contribution in [2.24, 2.45) is 5.92 Å². The number of nitrogens with one attached hydrogen (secondary N) is 2. The molecule has 18 heavy (non-hydrogen) atoms. The number of carboxylic acid groups (broad SMARTS) is 1.